The number of rotatable bonds is 3. The summed E-state index contributed by atoms with van der Waals surface area (Å²) in [6, 6.07) is 11.6. The van der Waals surface area contributed by atoms with E-state index in [2.05, 4.69) is 11.4 Å². The second-order valence-electron chi connectivity index (χ2n) is 5.06. The van der Waals surface area contributed by atoms with E-state index in [9.17, 15) is 9.18 Å². The Morgan fingerprint density at radius 2 is 1.75 bits per heavy atom. The number of hydrogen-bond acceptors (Lipinski definition) is 1. The minimum atomic E-state index is -0.344. The highest BCUT2D eigenvalue weighted by atomic mass is 19.1. The summed E-state index contributed by atoms with van der Waals surface area (Å²) in [5.41, 5.74) is 3.90. The molecule has 0 radical (unpaired) electrons. The highest BCUT2D eigenvalue weighted by molar-refractivity contribution is 5.94. The van der Waals surface area contributed by atoms with Crippen LogP contribution in [0.3, 0.4) is 0 Å². The van der Waals surface area contributed by atoms with Crippen LogP contribution in [0.1, 0.15) is 40.0 Å². The molecule has 2 nitrogen and oxygen atoms in total. The van der Waals surface area contributed by atoms with Crippen LogP contribution in [0.4, 0.5) is 4.39 Å². The molecule has 0 aliphatic carbocycles. The fourth-order valence-electron chi connectivity index (χ4n) is 2.27. The first-order valence-electron chi connectivity index (χ1n) is 6.61. The fourth-order valence-corrected chi connectivity index (χ4v) is 2.27. The van der Waals surface area contributed by atoms with Crippen molar-refractivity contribution < 1.29 is 9.18 Å². The lowest BCUT2D eigenvalue weighted by Crippen LogP contribution is -2.27. The van der Waals surface area contributed by atoms with Crippen molar-refractivity contribution in [3.05, 3.63) is 70.5 Å². The standard InChI is InChI=1S/C17H18FNO/c1-11-4-9-16(12(2)10-11)13(3)19-17(20)14-5-7-15(18)8-6-14/h4-10,13H,1-3H3,(H,19,20). The number of amides is 1. The van der Waals surface area contributed by atoms with Gasteiger partial charge in [0.05, 0.1) is 6.04 Å². The molecule has 0 saturated heterocycles. The molecule has 2 rings (SSSR count). The maximum Gasteiger partial charge on any atom is 0.251 e. The van der Waals surface area contributed by atoms with Gasteiger partial charge in [-0.15, -0.1) is 0 Å². The minimum Gasteiger partial charge on any atom is -0.346 e. The van der Waals surface area contributed by atoms with Crippen molar-refractivity contribution in [3.8, 4) is 0 Å². The van der Waals surface area contributed by atoms with Crippen molar-refractivity contribution in [1.29, 1.82) is 0 Å². The molecule has 0 fully saturated rings. The van der Waals surface area contributed by atoms with Crippen molar-refractivity contribution in [1.82, 2.24) is 5.32 Å². The van der Waals surface area contributed by atoms with Gasteiger partial charge in [-0.3, -0.25) is 4.79 Å². The maximum atomic E-state index is 12.8. The maximum absolute atomic E-state index is 12.8. The average molecular weight is 271 g/mol. The van der Waals surface area contributed by atoms with Crippen LogP contribution in [-0.2, 0) is 0 Å². The zero-order valence-corrected chi connectivity index (χ0v) is 11.9. The molecule has 2 aromatic rings. The molecule has 0 bridgehead atoms. The van der Waals surface area contributed by atoms with Crippen LogP contribution in [-0.4, -0.2) is 5.91 Å². The van der Waals surface area contributed by atoms with Gasteiger partial charge in [0.25, 0.3) is 5.91 Å². The summed E-state index contributed by atoms with van der Waals surface area (Å²) in [6.45, 7) is 6.01. The highest BCUT2D eigenvalue weighted by Crippen LogP contribution is 2.19. The van der Waals surface area contributed by atoms with Crippen LogP contribution in [0.15, 0.2) is 42.5 Å². The average Bonchev–Trinajstić information content (AvgIpc) is 2.39. The van der Waals surface area contributed by atoms with E-state index in [1.54, 1.807) is 0 Å². The van der Waals surface area contributed by atoms with E-state index in [1.165, 1.54) is 29.8 Å². The van der Waals surface area contributed by atoms with Gasteiger partial charge >= 0.3 is 0 Å². The normalized spacial score (nSPS) is 12.0. The van der Waals surface area contributed by atoms with Crippen molar-refractivity contribution in [2.24, 2.45) is 0 Å². The first-order chi connectivity index (χ1) is 9.47. The second kappa shape index (κ2) is 5.87. The van der Waals surface area contributed by atoms with Gasteiger partial charge in [-0.05, 0) is 56.2 Å². The molecular weight excluding hydrogens is 253 g/mol. The van der Waals surface area contributed by atoms with Gasteiger partial charge < -0.3 is 5.32 Å². The Hall–Kier alpha value is -2.16. The van der Waals surface area contributed by atoms with Crippen LogP contribution in [0.5, 0.6) is 0 Å². The molecule has 20 heavy (non-hydrogen) atoms. The molecule has 0 aliphatic rings. The first kappa shape index (κ1) is 14.3. The summed E-state index contributed by atoms with van der Waals surface area (Å²) in [6.07, 6.45) is 0. The molecular formula is C17H18FNO. The van der Waals surface area contributed by atoms with Crippen molar-refractivity contribution in [2.45, 2.75) is 26.8 Å². The smallest absolute Gasteiger partial charge is 0.251 e. The molecule has 1 atom stereocenters. The Labute approximate surface area is 118 Å². The van der Waals surface area contributed by atoms with E-state index >= 15 is 0 Å². The zero-order valence-electron chi connectivity index (χ0n) is 11.9. The summed E-state index contributed by atoms with van der Waals surface area (Å²) in [5, 5.41) is 2.93. The lowest BCUT2D eigenvalue weighted by atomic mass is 10.00. The van der Waals surface area contributed by atoms with E-state index < -0.39 is 0 Å². The molecule has 104 valence electrons. The minimum absolute atomic E-state index is 0.0897. The van der Waals surface area contributed by atoms with E-state index in [0.29, 0.717) is 5.56 Å². The second-order valence-corrected chi connectivity index (χ2v) is 5.06. The van der Waals surface area contributed by atoms with Crippen molar-refractivity contribution in [3.63, 3.8) is 0 Å². The Morgan fingerprint density at radius 1 is 1.10 bits per heavy atom. The number of benzene rings is 2. The topological polar surface area (TPSA) is 29.1 Å². The zero-order chi connectivity index (χ0) is 14.7. The third-order valence-corrected chi connectivity index (χ3v) is 3.35. The van der Waals surface area contributed by atoms with Crippen LogP contribution >= 0.6 is 0 Å². The molecule has 0 spiro atoms. The van der Waals surface area contributed by atoms with Gasteiger partial charge in [-0.25, -0.2) is 4.39 Å². The number of aryl methyl sites for hydroxylation is 2. The summed E-state index contributed by atoms with van der Waals surface area (Å²) in [4.78, 5) is 12.1. The molecule has 3 heteroatoms. The van der Waals surface area contributed by atoms with Gasteiger partial charge in [-0.2, -0.15) is 0 Å². The quantitative estimate of drug-likeness (QED) is 0.900. The monoisotopic (exact) mass is 271 g/mol. The Kier molecular flexibility index (Phi) is 4.18. The summed E-state index contributed by atoms with van der Waals surface area (Å²) in [5.74, 6) is -0.540. The van der Waals surface area contributed by atoms with Crippen LogP contribution in [0, 0.1) is 19.7 Å². The number of nitrogens with one attached hydrogen (secondary N) is 1. The molecule has 1 N–H and O–H groups in total. The van der Waals surface area contributed by atoms with Crippen molar-refractivity contribution in [2.75, 3.05) is 0 Å². The predicted octanol–water partition coefficient (Wildman–Crippen LogP) is 3.93. The highest BCUT2D eigenvalue weighted by Gasteiger charge is 2.13. The van der Waals surface area contributed by atoms with Gasteiger partial charge in [0.15, 0.2) is 0 Å². The van der Waals surface area contributed by atoms with Crippen LogP contribution in [0.2, 0.25) is 0 Å². The molecule has 2 aromatic carbocycles. The van der Waals surface area contributed by atoms with Crippen LogP contribution in [0.25, 0.3) is 0 Å². The van der Waals surface area contributed by atoms with Crippen molar-refractivity contribution >= 4 is 5.91 Å². The lowest BCUT2D eigenvalue weighted by molar-refractivity contribution is 0.0940. The summed E-state index contributed by atoms with van der Waals surface area (Å²) in [7, 11) is 0. The Bertz CT molecular complexity index is 619. The van der Waals surface area contributed by atoms with Gasteiger partial charge in [0, 0.05) is 5.56 Å². The summed E-state index contributed by atoms with van der Waals surface area (Å²) >= 11 is 0. The number of halogens is 1. The van der Waals surface area contributed by atoms with Gasteiger partial charge in [0.2, 0.25) is 0 Å². The molecule has 0 aromatic heterocycles. The van der Waals surface area contributed by atoms with E-state index in [4.69, 9.17) is 0 Å². The molecule has 1 unspecified atom stereocenters. The predicted molar refractivity (Wildman–Crippen MR) is 78.2 cm³/mol. The first-order valence-corrected chi connectivity index (χ1v) is 6.61. The summed E-state index contributed by atoms with van der Waals surface area (Å²) < 4.78 is 12.8. The molecule has 0 heterocycles. The molecule has 0 aliphatic heterocycles. The Morgan fingerprint density at radius 3 is 2.35 bits per heavy atom. The van der Waals surface area contributed by atoms with E-state index in [-0.39, 0.29) is 17.8 Å². The SMILES string of the molecule is Cc1ccc(C(C)NC(=O)c2ccc(F)cc2)c(C)c1. The van der Waals surface area contributed by atoms with Crippen LogP contribution < -0.4 is 5.32 Å². The lowest BCUT2D eigenvalue weighted by Gasteiger charge is -2.17. The third-order valence-electron chi connectivity index (χ3n) is 3.35. The number of carbonyl (C=O) groups is 1. The van der Waals surface area contributed by atoms with Gasteiger partial charge in [-0.1, -0.05) is 23.8 Å². The van der Waals surface area contributed by atoms with E-state index in [0.717, 1.165) is 11.1 Å². The number of hydrogen-bond donors (Lipinski definition) is 1. The van der Waals surface area contributed by atoms with Gasteiger partial charge in [0.1, 0.15) is 5.82 Å². The Balaban J connectivity index is 2.12. The molecule has 0 saturated carbocycles. The fraction of sp³-hybridized carbons (Fsp3) is 0.235. The number of carbonyl (C=O) groups excluding carboxylic acids is 1. The molecule has 1 amide bonds. The third kappa shape index (κ3) is 3.23. The largest absolute Gasteiger partial charge is 0.346 e. The van der Waals surface area contributed by atoms with E-state index in [1.807, 2.05) is 32.9 Å².